The van der Waals surface area contributed by atoms with Gasteiger partial charge in [-0.15, -0.1) is 0 Å². The Morgan fingerprint density at radius 2 is 2.35 bits per heavy atom. The summed E-state index contributed by atoms with van der Waals surface area (Å²) in [4.78, 5) is 15.1. The van der Waals surface area contributed by atoms with Gasteiger partial charge in [-0.25, -0.2) is 9.78 Å². The third-order valence-corrected chi connectivity index (χ3v) is 2.42. The number of nitrogens with two attached hydrogens (primary N) is 1. The highest BCUT2D eigenvalue weighted by Crippen LogP contribution is 2.17. The monoisotopic (exact) mass is 235 g/mol. The maximum Gasteiger partial charge on any atom is 0.356 e. The Kier molecular flexibility index (Phi) is 2.72. The van der Waals surface area contributed by atoms with Crippen LogP contribution in [0, 0.1) is 0 Å². The number of aliphatic hydroxyl groups excluding tert-OH is 1. The number of fused-ring (bicyclic) bond motifs is 1. The van der Waals surface area contributed by atoms with Crippen LogP contribution in [0.3, 0.4) is 0 Å². The Bertz CT molecular complexity index is 575. The third-order valence-electron chi connectivity index (χ3n) is 2.42. The molecule has 0 amide bonds. The molecule has 0 aromatic carbocycles. The van der Waals surface area contributed by atoms with Gasteiger partial charge in [-0.3, -0.25) is 0 Å². The zero-order valence-corrected chi connectivity index (χ0v) is 9.29. The number of rotatable bonds is 3. The van der Waals surface area contributed by atoms with Crippen LogP contribution in [0.15, 0.2) is 18.3 Å². The van der Waals surface area contributed by atoms with Crippen molar-refractivity contribution in [2.24, 2.45) is 0 Å². The van der Waals surface area contributed by atoms with E-state index in [1.807, 2.05) is 0 Å². The molecule has 0 aliphatic carbocycles. The second kappa shape index (κ2) is 4.06. The summed E-state index contributed by atoms with van der Waals surface area (Å²) < 4.78 is 1.63. The van der Waals surface area contributed by atoms with Crippen molar-refractivity contribution in [3.8, 4) is 0 Å². The van der Waals surface area contributed by atoms with Crippen molar-refractivity contribution in [2.75, 3.05) is 5.73 Å². The summed E-state index contributed by atoms with van der Waals surface area (Å²) in [6, 6.07) is 3.22. The molecule has 2 rings (SSSR count). The third kappa shape index (κ3) is 2.07. The molecule has 17 heavy (non-hydrogen) atoms. The van der Waals surface area contributed by atoms with Crippen LogP contribution >= 0.6 is 0 Å². The second-order valence-electron chi connectivity index (χ2n) is 3.95. The van der Waals surface area contributed by atoms with E-state index in [2.05, 4.69) is 4.98 Å². The zero-order chi connectivity index (χ0) is 12.6. The minimum Gasteiger partial charge on any atom is -0.476 e. The summed E-state index contributed by atoms with van der Waals surface area (Å²) in [6.45, 7) is 1.62. The van der Waals surface area contributed by atoms with E-state index in [9.17, 15) is 9.90 Å². The number of hydrogen-bond donors (Lipinski definition) is 3. The maximum atomic E-state index is 11.0. The summed E-state index contributed by atoms with van der Waals surface area (Å²) in [6.07, 6.45) is 1.36. The number of aliphatic hydroxyl groups is 1. The van der Waals surface area contributed by atoms with E-state index in [0.29, 0.717) is 23.4 Å². The fourth-order valence-corrected chi connectivity index (χ4v) is 1.73. The van der Waals surface area contributed by atoms with Gasteiger partial charge in [-0.05, 0) is 19.1 Å². The van der Waals surface area contributed by atoms with Gasteiger partial charge in [0.05, 0.1) is 11.6 Å². The maximum absolute atomic E-state index is 11.0. The molecule has 0 radical (unpaired) electrons. The minimum absolute atomic E-state index is 0.0482. The number of nitrogen functional groups attached to an aromatic ring is 1. The Hall–Kier alpha value is -2.08. The van der Waals surface area contributed by atoms with E-state index in [0.717, 1.165) is 0 Å². The molecule has 2 aromatic heterocycles. The molecule has 2 heterocycles. The van der Waals surface area contributed by atoms with Gasteiger partial charge in [-0.1, -0.05) is 0 Å². The first-order chi connectivity index (χ1) is 7.99. The highest BCUT2D eigenvalue weighted by molar-refractivity contribution is 5.94. The first kappa shape index (κ1) is 11.4. The van der Waals surface area contributed by atoms with Crippen molar-refractivity contribution in [3.63, 3.8) is 0 Å². The largest absolute Gasteiger partial charge is 0.476 e. The smallest absolute Gasteiger partial charge is 0.356 e. The van der Waals surface area contributed by atoms with E-state index in [-0.39, 0.29) is 5.69 Å². The molecule has 0 aliphatic rings. The molecule has 2 aromatic rings. The van der Waals surface area contributed by atoms with Crippen LogP contribution in [-0.2, 0) is 6.42 Å². The fourth-order valence-electron chi connectivity index (χ4n) is 1.73. The number of hydrogen-bond acceptors (Lipinski definition) is 4. The SMILES string of the molecule is CC(O)Cc1nc(C(=O)O)c2cc(N)ccn12. The molecule has 90 valence electrons. The zero-order valence-electron chi connectivity index (χ0n) is 9.29. The summed E-state index contributed by atoms with van der Waals surface area (Å²) in [5.41, 5.74) is 6.49. The number of aromatic carboxylic acids is 1. The van der Waals surface area contributed by atoms with Gasteiger partial charge < -0.3 is 20.3 Å². The molecule has 6 heteroatoms. The average molecular weight is 235 g/mol. The molecule has 0 fully saturated rings. The lowest BCUT2D eigenvalue weighted by atomic mass is 10.3. The van der Waals surface area contributed by atoms with Crippen LogP contribution in [0.25, 0.3) is 5.52 Å². The minimum atomic E-state index is -1.11. The van der Waals surface area contributed by atoms with Gasteiger partial charge in [0.2, 0.25) is 0 Å². The number of carboxylic acid groups (broad SMARTS) is 1. The summed E-state index contributed by atoms with van der Waals surface area (Å²) in [5, 5.41) is 18.4. The number of imidazole rings is 1. The van der Waals surface area contributed by atoms with Crippen LogP contribution < -0.4 is 5.73 Å². The van der Waals surface area contributed by atoms with Crippen LogP contribution in [0.2, 0.25) is 0 Å². The Morgan fingerprint density at radius 3 is 2.94 bits per heavy atom. The molecule has 0 aliphatic heterocycles. The molecule has 0 spiro atoms. The van der Waals surface area contributed by atoms with Gasteiger partial charge in [0, 0.05) is 18.3 Å². The van der Waals surface area contributed by atoms with E-state index < -0.39 is 12.1 Å². The van der Waals surface area contributed by atoms with Gasteiger partial charge in [0.25, 0.3) is 0 Å². The number of carboxylic acids is 1. The van der Waals surface area contributed by atoms with Gasteiger partial charge >= 0.3 is 5.97 Å². The molecule has 1 unspecified atom stereocenters. The quantitative estimate of drug-likeness (QED) is 0.720. The van der Waals surface area contributed by atoms with Crippen LogP contribution in [-0.4, -0.2) is 31.7 Å². The van der Waals surface area contributed by atoms with Crippen molar-refractivity contribution in [3.05, 3.63) is 29.8 Å². The van der Waals surface area contributed by atoms with Crippen molar-refractivity contribution in [1.29, 1.82) is 0 Å². The van der Waals surface area contributed by atoms with E-state index in [1.165, 1.54) is 0 Å². The molecule has 4 N–H and O–H groups in total. The van der Waals surface area contributed by atoms with Crippen molar-refractivity contribution in [1.82, 2.24) is 9.38 Å². The number of anilines is 1. The van der Waals surface area contributed by atoms with E-state index in [1.54, 1.807) is 29.7 Å². The normalized spacial score (nSPS) is 12.8. The standard InChI is InChI=1S/C11H13N3O3/c1-6(15)4-9-13-10(11(16)17)8-5-7(12)2-3-14(8)9/h2-3,5-6,15H,4,12H2,1H3,(H,16,17). The molecule has 0 saturated carbocycles. The van der Waals surface area contributed by atoms with Crippen molar-refractivity contribution >= 4 is 17.2 Å². The highest BCUT2D eigenvalue weighted by atomic mass is 16.4. The first-order valence-electron chi connectivity index (χ1n) is 5.17. The predicted molar refractivity (Wildman–Crippen MR) is 61.9 cm³/mol. The highest BCUT2D eigenvalue weighted by Gasteiger charge is 2.17. The number of carbonyl (C=O) groups is 1. The number of nitrogens with zero attached hydrogens (tertiary/aromatic N) is 2. The Balaban J connectivity index is 2.66. The fraction of sp³-hybridized carbons (Fsp3) is 0.273. The second-order valence-corrected chi connectivity index (χ2v) is 3.95. The molecule has 0 bridgehead atoms. The molecule has 6 nitrogen and oxygen atoms in total. The van der Waals surface area contributed by atoms with Gasteiger partial charge in [-0.2, -0.15) is 0 Å². The lowest BCUT2D eigenvalue weighted by molar-refractivity contribution is 0.0693. The molecular formula is C11H13N3O3. The topological polar surface area (TPSA) is 101 Å². The number of pyridine rings is 1. The molecule has 1 atom stereocenters. The predicted octanol–water partition coefficient (Wildman–Crippen LogP) is 0.538. The lowest BCUT2D eigenvalue weighted by Gasteiger charge is -2.03. The van der Waals surface area contributed by atoms with Gasteiger partial charge in [0.15, 0.2) is 5.69 Å². The average Bonchev–Trinajstić information content (AvgIpc) is 2.55. The molecular weight excluding hydrogens is 222 g/mol. The summed E-state index contributed by atoms with van der Waals surface area (Å²) in [7, 11) is 0. The van der Waals surface area contributed by atoms with Crippen molar-refractivity contribution < 1.29 is 15.0 Å². The Labute approximate surface area is 97.3 Å². The van der Waals surface area contributed by atoms with E-state index in [4.69, 9.17) is 10.8 Å². The number of aromatic nitrogens is 2. The summed E-state index contributed by atoms with van der Waals surface area (Å²) >= 11 is 0. The van der Waals surface area contributed by atoms with Crippen LogP contribution in [0.4, 0.5) is 5.69 Å². The van der Waals surface area contributed by atoms with Crippen molar-refractivity contribution in [2.45, 2.75) is 19.4 Å². The first-order valence-corrected chi connectivity index (χ1v) is 5.17. The lowest BCUT2D eigenvalue weighted by Crippen LogP contribution is -2.08. The summed E-state index contributed by atoms with van der Waals surface area (Å²) in [5.74, 6) is -0.600. The Morgan fingerprint density at radius 1 is 1.65 bits per heavy atom. The van der Waals surface area contributed by atoms with Crippen LogP contribution in [0.5, 0.6) is 0 Å². The molecule has 0 saturated heterocycles. The van der Waals surface area contributed by atoms with Crippen LogP contribution in [0.1, 0.15) is 23.2 Å². The van der Waals surface area contributed by atoms with Gasteiger partial charge in [0.1, 0.15) is 5.82 Å². The van der Waals surface area contributed by atoms with E-state index >= 15 is 0 Å².